The van der Waals surface area contributed by atoms with Crippen molar-refractivity contribution >= 4 is 30.4 Å². The van der Waals surface area contributed by atoms with Gasteiger partial charge in [-0.1, -0.05) is 31.0 Å². The second-order valence-electron chi connectivity index (χ2n) is 3.25. The fraction of sp³-hybridized carbons (Fsp3) is 0.231. The summed E-state index contributed by atoms with van der Waals surface area (Å²) in [5.74, 6) is 0. The maximum absolute atomic E-state index is 3.33. The summed E-state index contributed by atoms with van der Waals surface area (Å²) < 4.78 is 0. The zero-order valence-corrected chi connectivity index (χ0v) is 14.4. The van der Waals surface area contributed by atoms with E-state index in [-0.39, 0.29) is 50.7 Å². The van der Waals surface area contributed by atoms with Crippen molar-refractivity contribution < 1.29 is 25.8 Å². The average molecular weight is 421 g/mol. The Bertz CT molecular complexity index is 370. The standard InChI is InChI=1S/C13H13.2ClH.Hf/c1-2-11-6-5-9-13(10-11)12-7-3-4-8-12;;;/h3,5-7,9-10H,2,4H2,1H3;2*1H;/q-1;;;. The molecule has 3 heteroatoms. The van der Waals surface area contributed by atoms with Crippen LogP contribution in [0.3, 0.4) is 0 Å². The van der Waals surface area contributed by atoms with E-state index in [0.717, 1.165) is 12.8 Å². The summed E-state index contributed by atoms with van der Waals surface area (Å²) >= 11 is 0. The fourth-order valence-electron chi connectivity index (χ4n) is 1.56. The van der Waals surface area contributed by atoms with E-state index in [0.29, 0.717) is 0 Å². The SMILES string of the molecule is CCc1cccc(C2=[C-]CC=C2)c1.Cl.Cl.[Hf]. The fourth-order valence-corrected chi connectivity index (χ4v) is 1.56. The van der Waals surface area contributed by atoms with Crippen LogP contribution in [0.2, 0.25) is 0 Å². The van der Waals surface area contributed by atoms with Gasteiger partial charge in [-0.2, -0.15) is 17.7 Å². The summed E-state index contributed by atoms with van der Waals surface area (Å²) in [4.78, 5) is 0. The summed E-state index contributed by atoms with van der Waals surface area (Å²) in [7, 11) is 0. The van der Waals surface area contributed by atoms with Crippen LogP contribution in [0.1, 0.15) is 24.5 Å². The van der Waals surface area contributed by atoms with Crippen molar-refractivity contribution in [2.24, 2.45) is 0 Å². The van der Waals surface area contributed by atoms with Crippen LogP contribution in [0.5, 0.6) is 0 Å². The van der Waals surface area contributed by atoms with Crippen molar-refractivity contribution in [1.29, 1.82) is 0 Å². The van der Waals surface area contributed by atoms with E-state index in [1.54, 1.807) is 0 Å². The van der Waals surface area contributed by atoms with Crippen LogP contribution >= 0.6 is 24.8 Å². The van der Waals surface area contributed by atoms with Gasteiger partial charge in [0, 0.05) is 25.8 Å². The molecule has 0 radical (unpaired) electrons. The molecule has 1 aromatic rings. The molecule has 1 aromatic carbocycles. The number of halogens is 2. The van der Waals surface area contributed by atoms with Gasteiger partial charge in [0.05, 0.1) is 0 Å². The molecule has 0 unspecified atom stereocenters. The van der Waals surface area contributed by atoms with E-state index in [4.69, 9.17) is 0 Å². The third-order valence-corrected chi connectivity index (χ3v) is 2.34. The molecule has 2 rings (SSSR count). The number of hydrogen-bond acceptors (Lipinski definition) is 0. The molecule has 0 atom stereocenters. The summed E-state index contributed by atoms with van der Waals surface area (Å²) in [6.07, 6.45) is 9.69. The first-order valence-electron chi connectivity index (χ1n) is 4.77. The molecule has 0 nitrogen and oxygen atoms in total. The van der Waals surface area contributed by atoms with Crippen LogP contribution in [-0.2, 0) is 32.3 Å². The summed E-state index contributed by atoms with van der Waals surface area (Å²) in [6.45, 7) is 2.18. The minimum absolute atomic E-state index is 0. The van der Waals surface area contributed by atoms with E-state index < -0.39 is 0 Å². The topological polar surface area (TPSA) is 0 Å². The molecule has 0 heterocycles. The molecule has 0 fully saturated rings. The van der Waals surface area contributed by atoms with Gasteiger partial charge in [-0.3, -0.25) is 0 Å². The largest absolute Gasteiger partial charge is 0.197 e. The van der Waals surface area contributed by atoms with Crippen LogP contribution in [0.4, 0.5) is 0 Å². The second-order valence-corrected chi connectivity index (χ2v) is 3.25. The molecule has 0 N–H and O–H groups in total. The van der Waals surface area contributed by atoms with Crippen LogP contribution in [0.25, 0.3) is 5.57 Å². The summed E-state index contributed by atoms with van der Waals surface area (Å²) in [6, 6.07) is 8.69. The Balaban J connectivity index is 0. The zero-order chi connectivity index (χ0) is 9.10. The first kappa shape index (κ1) is 18.5. The van der Waals surface area contributed by atoms with Gasteiger partial charge in [-0.25, -0.2) is 0 Å². The van der Waals surface area contributed by atoms with E-state index in [1.165, 1.54) is 16.7 Å². The van der Waals surface area contributed by atoms with Gasteiger partial charge in [0.25, 0.3) is 0 Å². The molecule has 0 spiro atoms. The Hall–Kier alpha value is 0.150. The van der Waals surface area contributed by atoms with E-state index >= 15 is 0 Å². The maximum Gasteiger partial charge on any atom is 0 e. The smallest absolute Gasteiger partial charge is 0 e. The summed E-state index contributed by atoms with van der Waals surface area (Å²) in [5, 5.41) is 0. The van der Waals surface area contributed by atoms with Gasteiger partial charge >= 0.3 is 0 Å². The molecule has 0 aromatic heterocycles. The first-order chi connectivity index (χ1) is 6.40. The predicted molar refractivity (Wildman–Crippen MR) is 70.7 cm³/mol. The zero-order valence-electron chi connectivity index (χ0n) is 9.19. The second kappa shape index (κ2) is 9.21. The molecule has 16 heavy (non-hydrogen) atoms. The van der Waals surface area contributed by atoms with Gasteiger partial charge in [0.2, 0.25) is 0 Å². The van der Waals surface area contributed by atoms with Crippen molar-refractivity contribution in [3.8, 4) is 0 Å². The maximum atomic E-state index is 3.33. The third-order valence-electron chi connectivity index (χ3n) is 2.34. The number of rotatable bonds is 2. The Morgan fingerprint density at radius 1 is 1.25 bits per heavy atom. The van der Waals surface area contributed by atoms with Crippen LogP contribution < -0.4 is 0 Å². The van der Waals surface area contributed by atoms with Crippen molar-refractivity contribution in [2.45, 2.75) is 19.8 Å². The molecule has 0 amide bonds. The normalized spacial score (nSPS) is 11.9. The number of allylic oxidation sites excluding steroid dienone is 4. The van der Waals surface area contributed by atoms with Crippen LogP contribution in [0, 0.1) is 6.08 Å². The minimum Gasteiger partial charge on any atom is -0.197 e. The van der Waals surface area contributed by atoms with Gasteiger partial charge < -0.3 is 0 Å². The number of benzene rings is 1. The number of aryl methyl sites for hydroxylation is 1. The molecule has 1 aliphatic rings. The van der Waals surface area contributed by atoms with Crippen molar-refractivity contribution in [3.63, 3.8) is 0 Å². The van der Waals surface area contributed by atoms with E-state index in [2.05, 4.69) is 49.4 Å². The van der Waals surface area contributed by atoms with Gasteiger partial charge in [-0.15, -0.1) is 48.6 Å². The van der Waals surface area contributed by atoms with Crippen LogP contribution in [-0.4, -0.2) is 0 Å². The third kappa shape index (κ3) is 4.57. The van der Waals surface area contributed by atoms with E-state index in [1.807, 2.05) is 0 Å². The Morgan fingerprint density at radius 2 is 2.00 bits per heavy atom. The molecule has 1 aliphatic carbocycles. The summed E-state index contributed by atoms with van der Waals surface area (Å²) in [5.41, 5.74) is 3.94. The molecular formula is C13H15Cl2Hf-. The Kier molecular flexibility index (Phi) is 10.7. The van der Waals surface area contributed by atoms with E-state index in [9.17, 15) is 0 Å². The van der Waals surface area contributed by atoms with Gasteiger partial charge in [0.15, 0.2) is 0 Å². The van der Waals surface area contributed by atoms with Crippen LogP contribution in [0.15, 0.2) is 36.4 Å². The molecule has 0 saturated heterocycles. The minimum atomic E-state index is 0. The van der Waals surface area contributed by atoms with Gasteiger partial charge in [-0.05, 0) is 6.42 Å². The average Bonchev–Trinajstić information content (AvgIpc) is 2.71. The molecule has 0 saturated carbocycles. The predicted octanol–water partition coefficient (Wildman–Crippen LogP) is 4.24. The van der Waals surface area contributed by atoms with Crippen molar-refractivity contribution in [2.75, 3.05) is 0 Å². The molecule has 0 aliphatic heterocycles. The Morgan fingerprint density at radius 3 is 2.56 bits per heavy atom. The monoisotopic (exact) mass is 421 g/mol. The van der Waals surface area contributed by atoms with Crippen molar-refractivity contribution in [3.05, 3.63) is 53.6 Å². The molecular weight excluding hydrogens is 406 g/mol. The first-order valence-corrected chi connectivity index (χ1v) is 4.77. The molecule has 86 valence electrons. The molecule has 0 bridgehead atoms. The number of hydrogen-bond donors (Lipinski definition) is 0. The quantitative estimate of drug-likeness (QED) is 0.496. The van der Waals surface area contributed by atoms with Gasteiger partial charge in [0.1, 0.15) is 0 Å². The Labute approximate surface area is 129 Å². The van der Waals surface area contributed by atoms with Crippen molar-refractivity contribution in [1.82, 2.24) is 0 Å².